The number of hydrogen-bond acceptors (Lipinski definition) is 6. The van der Waals surface area contributed by atoms with Gasteiger partial charge in [-0.2, -0.15) is 0 Å². The Morgan fingerprint density at radius 1 is 1.16 bits per heavy atom. The molecule has 2 aromatic rings. The summed E-state index contributed by atoms with van der Waals surface area (Å²) in [5.41, 5.74) is 0.937. The molecule has 0 radical (unpaired) electrons. The van der Waals surface area contributed by atoms with Gasteiger partial charge >= 0.3 is 0 Å². The highest BCUT2D eigenvalue weighted by Gasteiger charge is 2.21. The van der Waals surface area contributed by atoms with Crippen molar-refractivity contribution in [3.8, 4) is 11.5 Å². The number of ether oxygens (including phenoxy) is 3. The van der Waals surface area contributed by atoms with E-state index in [0.717, 1.165) is 55.3 Å². The Labute approximate surface area is 184 Å². The highest BCUT2D eigenvalue weighted by Crippen LogP contribution is 2.25. The molecule has 1 atom stereocenters. The fraction of sp³-hybridized carbons (Fsp3) is 0.542. The van der Waals surface area contributed by atoms with Crippen LogP contribution in [0.5, 0.6) is 11.5 Å². The summed E-state index contributed by atoms with van der Waals surface area (Å²) in [6, 6.07) is 9.62. The number of carbonyl (C=O) groups is 1. The van der Waals surface area contributed by atoms with Gasteiger partial charge in [0.25, 0.3) is 0 Å². The molecule has 1 amide bonds. The van der Waals surface area contributed by atoms with Crippen LogP contribution in [-0.2, 0) is 29.2 Å². The van der Waals surface area contributed by atoms with Gasteiger partial charge in [-0.25, -0.2) is 0 Å². The van der Waals surface area contributed by atoms with Crippen molar-refractivity contribution in [1.29, 1.82) is 0 Å². The Bertz CT molecular complexity index is 835. The lowest BCUT2D eigenvalue weighted by molar-refractivity contribution is -0.121. The molecule has 1 aromatic carbocycles. The van der Waals surface area contributed by atoms with Crippen molar-refractivity contribution in [3.63, 3.8) is 0 Å². The second-order valence-electron chi connectivity index (χ2n) is 8.04. The molecule has 170 valence electrons. The Kier molecular flexibility index (Phi) is 8.79. The number of methoxy groups -OCH3 is 3. The minimum absolute atomic E-state index is 0.0743. The van der Waals surface area contributed by atoms with E-state index in [1.807, 2.05) is 30.3 Å². The molecule has 31 heavy (non-hydrogen) atoms. The molecule has 3 rings (SSSR count). The number of amides is 1. The molecular formula is C24H34N2O5. The van der Waals surface area contributed by atoms with E-state index < -0.39 is 0 Å². The van der Waals surface area contributed by atoms with E-state index in [1.165, 1.54) is 6.42 Å². The first-order chi connectivity index (χ1) is 15.1. The second kappa shape index (κ2) is 11.8. The van der Waals surface area contributed by atoms with E-state index in [4.69, 9.17) is 18.6 Å². The van der Waals surface area contributed by atoms with Crippen LogP contribution >= 0.6 is 0 Å². The van der Waals surface area contributed by atoms with Crippen molar-refractivity contribution >= 4 is 5.91 Å². The summed E-state index contributed by atoms with van der Waals surface area (Å²) in [4.78, 5) is 14.8. The maximum Gasteiger partial charge on any atom is 0.220 e. The van der Waals surface area contributed by atoms with Crippen molar-refractivity contribution in [2.45, 2.75) is 45.4 Å². The lowest BCUT2D eigenvalue weighted by Crippen LogP contribution is -2.35. The first kappa shape index (κ1) is 23.2. The van der Waals surface area contributed by atoms with Crippen LogP contribution in [-0.4, -0.2) is 45.2 Å². The molecule has 1 fully saturated rings. The topological polar surface area (TPSA) is 73.2 Å². The molecule has 0 unspecified atom stereocenters. The first-order valence-electron chi connectivity index (χ1n) is 10.9. The standard InChI is InChI=1S/C24H34N2O5/c1-28-17-22-10-9-21(31-22)16-26-12-4-5-18(15-26)6-11-24(27)25-14-19-7-8-20(29-2)13-23(19)30-3/h7-10,13,18H,4-6,11-12,14-17H2,1-3H3,(H,25,27)/t18-/m1/s1. The van der Waals surface area contributed by atoms with E-state index in [1.54, 1.807) is 21.3 Å². The normalized spacial score (nSPS) is 16.8. The molecule has 7 nitrogen and oxygen atoms in total. The number of nitrogens with zero attached hydrogens (tertiary/aromatic N) is 1. The van der Waals surface area contributed by atoms with Crippen LogP contribution in [0, 0.1) is 5.92 Å². The van der Waals surface area contributed by atoms with Crippen LogP contribution < -0.4 is 14.8 Å². The van der Waals surface area contributed by atoms with Gasteiger partial charge in [0.05, 0.1) is 20.8 Å². The lowest BCUT2D eigenvalue weighted by atomic mass is 9.93. The number of piperidine rings is 1. The molecule has 0 aliphatic carbocycles. The highest BCUT2D eigenvalue weighted by atomic mass is 16.5. The van der Waals surface area contributed by atoms with E-state index in [0.29, 0.717) is 31.2 Å². The molecule has 0 spiro atoms. The molecule has 1 aromatic heterocycles. The minimum atomic E-state index is 0.0743. The smallest absolute Gasteiger partial charge is 0.220 e. The number of rotatable bonds is 11. The Hall–Kier alpha value is -2.51. The number of likely N-dealkylation sites (tertiary alicyclic amines) is 1. The van der Waals surface area contributed by atoms with E-state index in [2.05, 4.69) is 10.2 Å². The van der Waals surface area contributed by atoms with Crippen LogP contribution in [0.2, 0.25) is 0 Å². The van der Waals surface area contributed by atoms with Crippen LogP contribution in [0.15, 0.2) is 34.7 Å². The Morgan fingerprint density at radius 2 is 2.00 bits per heavy atom. The minimum Gasteiger partial charge on any atom is -0.497 e. The van der Waals surface area contributed by atoms with Crippen LogP contribution in [0.4, 0.5) is 0 Å². The lowest BCUT2D eigenvalue weighted by Gasteiger charge is -2.32. The van der Waals surface area contributed by atoms with E-state index >= 15 is 0 Å². The summed E-state index contributed by atoms with van der Waals surface area (Å²) in [5.74, 6) is 3.89. The molecular weight excluding hydrogens is 396 g/mol. The van der Waals surface area contributed by atoms with Gasteiger partial charge in [0.2, 0.25) is 5.91 Å². The summed E-state index contributed by atoms with van der Waals surface area (Å²) in [6.07, 6.45) is 3.76. The van der Waals surface area contributed by atoms with Gasteiger partial charge in [0, 0.05) is 38.2 Å². The average molecular weight is 431 g/mol. The first-order valence-corrected chi connectivity index (χ1v) is 10.9. The molecule has 1 saturated heterocycles. The molecule has 0 saturated carbocycles. The van der Waals surface area contributed by atoms with Crippen LogP contribution in [0.25, 0.3) is 0 Å². The third-order valence-electron chi connectivity index (χ3n) is 5.74. The van der Waals surface area contributed by atoms with Gasteiger partial charge in [-0.3, -0.25) is 9.69 Å². The monoisotopic (exact) mass is 430 g/mol. The zero-order valence-electron chi connectivity index (χ0n) is 18.8. The maximum absolute atomic E-state index is 12.4. The Morgan fingerprint density at radius 3 is 2.77 bits per heavy atom. The van der Waals surface area contributed by atoms with Crippen molar-refractivity contribution in [1.82, 2.24) is 10.2 Å². The summed E-state index contributed by atoms with van der Waals surface area (Å²) >= 11 is 0. The molecule has 2 heterocycles. The summed E-state index contributed by atoms with van der Waals surface area (Å²) in [5, 5.41) is 3.02. The Balaban J connectivity index is 1.41. The van der Waals surface area contributed by atoms with E-state index in [-0.39, 0.29) is 5.91 Å². The quantitative estimate of drug-likeness (QED) is 0.585. The summed E-state index contributed by atoms with van der Waals surface area (Å²) in [6.45, 7) is 3.83. The molecule has 7 heteroatoms. The zero-order chi connectivity index (χ0) is 22.1. The van der Waals surface area contributed by atoms with Crippen molar-refractivity contribution < 1.29 is 23.4 Å². The fourth-order valence-corrected chi connectivity index (χ4v) is 4.09. The zero-order valence-corrected chi connectivity index (χ0v) is 18.8. The molecule has 1 aliphatic rings. The van der Waals surface area contributed by atoms with E-state index in [9.17, 15) is 4.79 Å². The van der Waals surface area contributed by atoms with Crippen molar-refractivity contribution in [3.05, 3.63) is 47.4 Å². The highest BCUT2D eigenvalue weighted by molar-refractivity contribution is 5.75. The summed E-state index contributed by atoms with van der Waals surface area (Å²) in [7, 11) is 4.91. The van der Waals surface area contributed by atoms with Crippen LogP contribution in [0.3, 0.4) is 0 Å². The van der Waals surface area contributed by atoms with Crippen molar-refractivity contribution in [2.24, 2.45) is 5.92 Å². The van der Waals surface area contributed by atoms with Gasteiger partial charge in [-0.05, 0) is 56.0 Å². The maximum atomic E-state index is 12.4. The average Bonchev–Trinajstić information content (AvgIpc) is 3.23. The van der Waals surface area contributed by atoms with Gasteiger partial charge in [0.15, 0.2) is 0 Å². The van der Waals surface area contributed by atoms with Crippen molar-refractivity contribution in [2.75, 3.05) is 34.4 Å². The number of furan rings is 1. The number of benzene rings is 1. The fourth-order valence-electron chi connectivity index (χ4n) is 4.09. The molecule has 0 bridgehead atoms. The third kappa shape index (κ3) is 7.01. The number of carbonyl (C=O) groups excluding carboxylic acids is 1. The second-order valence-corrected chi connectivity index (χ2v) is 8.04. The van der Waals surface area contributed by atoms with Gasteiger partial charge in [-0.1, -0.05) is 0 Å². The number of nitrogens with one attached hydrogen (secondary N) is 1. The van der Waals surface area contributed by atoms with Gasteiger partial charge < -0.3 is 23.9 Å². The SMILES string of the molecule is COCc1ccc(CN2CCC[C@H](CCC(=O)NCc3ccc(OC)cc3OC)C2)o1. The van der Waals surface area contributed by atoms with Gasteiger partial charge in [0.1, 0.15) is 29.6 Å². The van der Waals surface area contributed by atoms with Gasteiger partial charge in [-0.15, -0.1) is 0 Å². The predicted octanol–water partition coefficient (Wildman–Crippen LogP) is 3.75. The summed E-state index contributed by atoms with van der Waals surface area (Å²) < 4.78 is 21.6. The van der Waals surface area contributed by atoms with Crippen LogP contribution in [0.1, 0.15) is 42.8 Å². The number of hydrogen-bond donors (Lipinski definition) is 1. The molecule has 1 aliphatic heterocycles. The largest absolute Gasteiger partial charge is 0.497 e. The third-order valence-corrected chi connectivity index (χ3v) is 5.74. The molecule has 1 N–H and O–H groups in total. The predicted molar refractivity (Wildman–Crippen MR) is 118 cm³/mol.